The molecule has 0 aromatic heterocycles. The van der Waals surface area contributed by atoms with Crippen LogP contribution in [0.15, 0.2) is 18.2 Å². The van der Waals surface area contributed by atoms with Crippen LogP contribution in [0.3, 0.4) is 0 Å². The van der Waals surface area contributed by atoms with E-state index < -0.39 is 5.60 Å². The van der Waals surface area contributed by atoms with Crippen LogP contribution in [0.4, 0.5) is 0 Å². The van der Waals surface area contributed by atoms with Crippen molar-refractivity contribution in [2.45, 2.75) is 44.1 Å². The molecule has 1 aromatic rings. The molecular formula is C14H16O3. The summed E-state index contributed by atoms with van der Waals surface area (Å²) in [6, 6.07) is 5.57. The second kappa shape index (κ2) is 3.57. The minimum atomic E-state index is -0.609. The number of esters is 1. The molecule has 3 nitrogen and oxygen atoms in total. The van der Waals surface area contributed by atoms with E-state index in [0.29, 0.717) is 5.75 Å². The van der Waals surface area contributed by atoms with Crippen LogP contribution in [-0.2, 0) is 10.4 Å². The van der Waals surface area contributed by atoms with Gasteiger partial charge in [-0.05, 0) is 36.1 Å². The molecule has 0 unspecified atom stereocenters. The van der Waals surface area contributed by atoms with Crippen LogP contribution in [0.1, 0.15) is 49.7 Å². The summed E-state index contributed by atoms with van der Waals surface area (Å²) < 4.78 is 5.08. The Labute approximate surface area is 100 Å². The Balaban J connectivity index is 1.95. The van der Waals surface area contributed by atoms with Gasteiger partial charge in [0, 0.05) is 12.8 Å². The van der Waals surface area contributed by atoms with Crippen molar-refractivity contribution in [2.75, 3.05) is 0 Å². The summed E-state index contributed by atoms with van der Waals surface area (Å²) in [5.74, 6) is 0.522. The third kappa shape index (κ3) is 1.49. The van der Waals surface area contributed by atoms with Crippen molar-refractivity contribution >= 4 is 5.97 Å². The molecule has 3 rings (SSSR count). The highest BCUT2D eigenvalue weighted by atomic mass is 16.5. The molecule has 2 aliphatic carbocycles. The van der Waals surface area contributed by atoms with Gasteiger partial charge >= 0.3 is 5.97 Å². The minimum Gasteiger partial charge on any atom is -0.427 e. The molecule has 3 heteroatoms. The average Bonchev–Trinajstić information content (AvgIpc) is 2.27. The van der Waals surface area contributed by atoms with Crippen LogP contribution in [0.25, 0.3) is 0 Å². The van der Waals surface area contributed by atoms with Crippen molar-refractivity contribution in [3.8, 4) is 5.75 Å². The van der Waals surface area contributed by atoms with E-state index in [1.807, 2.05) is 12.1 Å². The van der Waals surface area contributed by atoms with Crippen molar-refractivity contribution in [2.24, 2.45) is 0 Å². The van der Waals surface area contributed by atoms with Gasteiger partial charge in [-0.15, -0.1) is 0 Å². The highest BCUT2D eigenvalue weighted by molar-refractivity contribution is 5.69. The number of fused-ring (bicyclic) bond motifs is 4. The van der Waals surface area contributed by atoms with E-state index in [2.05, 4.69) is 0 Å². The third-order valence-electron chi connectivity index (χ3n) is 4.00. The van der Waals surface area contributed by atoms with Crippen molar-refractivity contribution in [3.05, 3.63) is 29.3 Å². The smallest absolute Gasteiger partial charge is 0.308 e. The fourth-order valence-electron chi connectivity index (χ4n) is 3.27. The first-order valence-corrected chi connectivity index (χ1v) is 6.16. The molecule has 0 aliphatic heterocycles. The largest absolute Gasteiger partial charge is 0.427 e. The summed E-state index contributed by atoms with van der Waals surface area (Å²) in [7, 11) is 0. The molecule has 1 saturated carbocycles. The SMILES string of the molecule is CC(=O)Oc1ccc2c(c1)[C@@H]1CCCC[C@]21O. The summed E-state index contributed by atoms with van der Waals surface area (Å²) in [4.78, 5) is 10.9. The standard InChI is InChI=1S/C14H16O3/c1-9(15)17-10-5-6-13-11(8-10)12-4-2-3-7-14(12,13)16/h5-6,8,12,16H,2-4,7H2,1H3/t12-,14+/m0/s1. The number of benzene rings is 1. The molecule has 0 saturated heterocycles. The summed E-state index contributed by atoms with van der Waals surface area (Å²) in [5, 5.41) is 10.5. The molecule has 1 N–H and O–H groups in total. The second-order valence-corrected chi connectivity index (χ2v) is 5.07. The van der Waals surface area contributed by atoms with Crippen molar-refractivity contribution < 1.29 is 14.6 Å². The molecular weight excluding hydrogens is 216 g/mol. The summed E-state index contributed by atoms with van der Waals surface area (Å²) in [6.07, 6.45) is 4.16. The Morgan fingerprint density at radius 1 is 1.47 bits per heavy atom. The lowest BCUT2D eigenvalue weighted by Gasteiger charge is -2.50. The maximum atomic E-state index is 10.9. The van der Waals surface area contributed by atoms with E-state index in [1.165, 1.54) is 13.3 Å². The van der Waals surface area contributed by atoms with Gasteiger partial charge in [-0.25, -0.2) is 0 Å². The first-order chi connectivity index (χ1) is 8.11. The summed E-state index contributed by atoms with van der Waals surface area (Å²) >= 11 is 0. The van der Waals surface area contributed by atoms with Gasteiger partial charge in [0.15, 0.2) is 0 Å². The number of aliphatic hydroxyl groups is 1. The van der Waals surface area contributed by atoms with E-state index in [9.17, 15) is 9.90 Å². The molecule has 0 radical (unpaired) electrons. The highest BCUT2D eigenvalue weighted by Gasteiger charge is 2.51. The van der Waals surface area contributed by atoms with Crippen molar-refractivity contribution in [3.63, 3.8) is 0 Å². The van der Waals surface area contributed by atoms with Crippen LogP contribution >= 0.6 is 0 Å². The number of carbonyl (C=O) groups is 1. The topological polar surface area (TPSA) is 46.5 Å². The molecule has 0 spiro atoms. The molecule has 0 amide bonds. The van der Waals surface area contributed by atoms with Gasteiger partial charge in [0.1, 0.15) is 5.75 Å². The zero-order valence-corrected chi connectivity index (χ0v) is 9.90. The van der Waals surface area contributed by atoms with Crippen molar-refractivity contribution in [1.82, 2.24) is 0 Å². The summed E-state index contributed by atoms with van der Waals surface area (Å²) in [5.41, 5.74) is 1.58. The maximum Gasteiger partial charge on any atom is 0.308 e. The van der Waals surface area contributed by atoms with Gasteiger partial charge in [0.25, 0.3) is 0 Å². The van der Waals surface area contributed by atoms with E-state index in [0.717, 1.165) is 30.4 Å². The van der Waals surface area contributed by atoms with Gasteiger partial charge in [-0.2, -0.15) is 0 Å². The van der Waals surface area contributed by atoms with Crippen LogP contribution in [-0.4, -0.2) is 11.1 Å². The monoisotopic (exact) mass is 232 g/mol. The second-order valence-electron chi connectivity index (χ2n) is 5.07. The minimum absolute atomic E-state index is 0.238. The normalized spacial score (nSPS) is 29.9. The fraction of sp³-hybridized carbons (Fsp3) is 0.500. The molecule has 90 valence electrons. The number of rotatable bonds is 1. The lowest BCUT2D eigenvalue weighted by molar-refractivity contribution is -0.131. The Kier molecular flexibility index (Phi) is 2.26. The van der Waals surface area contributed by atoms with Crippen molar-refractivity contribution in [1.29, 1.82) is 0 Å². The number of hydrogen-bond donors (Lipinski definition) is 1. The molecule has 2 aliphatic rings. The molecule has 2 atom stereocenters. The van der Waals surface area contributed by atoms with Crippen LogP contribution in [0.5, 0.6) is 5.75 Å². The Morgan fingerprint density at radius 2 is 2.29 bits per heavy atom. The summed E-state index contributed by atoms with van der Waals surface area (Å²) in [6.45, 7) is 1.40. The van der Waals surface area contributed by atoms with Gasteiger partial charge in [0.05, 0.1) is 5.60 Å². The van der Waals surface area contributed by atoms with Gasteiger partial charge < -0.3 is 9.84 Å². The number of hydrogen-bond acceptors (Lipinski definition) is 3. The van der Waals surface area contributed by atoms with Gasteiger partial charge in [-0.3, -0.25) is 4.79 Å². The molecule has 0 bridgehead atoms. The average molecular weight is 232 g/mol. The Hall–Kier alpha value is -1.35. The van der Waals surface area contributed by atoms with E-state index in [-0.39, 0.29) is 11.9 Å². The maximum absolute atomic E-state index is 10.9. The molecule has 1 fully saturated rings. The predicted octanol–water partition coefficient (Wildman–Crippen LogP) is 2.47. The fourth-order valence-corrected chi connectivity index (χ4v) is 3.27. The van der Waals surface area contributed by atoms with E-state index in [1.54, 1.807) is 6.07 Å². The Morgan fingerprint density at radius 3 is 3.06 bits per heavy atom. The number of ether oxygens (including phenoxy) is 1. The Bertz CT molecular complexity index is 480. The van der Waals surface area contributed by atoms with E-state index >= 15 is 0 Å². The molecule has 0 heterocycles. The van der Waals surface area contributed by atoms with E-state index in [4.69, 9.17) is 4.74 Å². The van der Waals surface area contributed by atoms with Crippen LogP contribution in [0.2, 0.25) is 0 Å². The lowest BCUT2D eigenvalue weighted by atomic mass is 9.58. The molecule has 17 heavy (non-hydrogen) atoms. The third-order valence-corrected chi connectivity index (χ3v) is 4.00. The zero-order chi connectivity index (χ0) is 12.0. The number of carbonyl (C=O) groups excluding carboxylic acids is 1. The first kappa shape index (κ1) is 10.8. The first-order valence-electron chi connectivity index (χ1n) is 6.16. The van der Waals surface area contributed by atoms with Crippen LogP contribution in [0, 0.1) is 0 Å². The van der Waals surface area contributed by atoms with Gasteiger partial charge in [-0.1, -0.05) is 18.9 Å². The van der Waals surface area contributed by atoms with Crippen LogP contribution < -0.4 is 4.74 Å². The highest BCUT2D eigenvalue weighted by Crippen LogP contribution is 2.58. The molecule has 1 aromatic carbocycles. The zero-order valence-electron chi connectivity index (χ0n) is 9.90. The quantitative estimate of drug-likeness (QED) is 0.597. The van der Waals surface area contributed by atoms with Gasteiger partial charge in [0.2, 0.25) is 0 Å². The lowest BCUT2D eigenvalue weighted by Crippen LogP contribution is -2.45. The predicted molar refractivity (Wildman–Crippen MR) is 62.9 cm³/mol.